The first kappa shape index (κ1) is 14.7. The second-order valence-electron chi connectivity index (χ2n) is 5.46. The zero-order valence-electron chi connectivity index (χ0n) is 12.2. The zero-order valence-corrected chi connectivity index (χ0v) is 12.2. The third-order valence-corrected chi connectivity index (χ3v) is 3.52. The molecule has 0 heterocycles. The molecule has 1 aliphatic rings. The van der Waals surface area contributed by atoms with E-state index in [0.717, 1.165) is 19.0 Å². The van der Waals surface area contributed by atoms with E-state index in [2.05, 4.69) is 17.3 Å². The fourth-order valence-electron chi connectivity index (χ4n) is 2.12. The molecule has 1 saturated carbocycles. The van der Waals surface area contributed by atoms with Crippen molar-refractivity contribution in [3.05, 3.63) is 18.2 Å². The van der Waals surface area contributed by atoms with Gasteiger partial charge in [0.15, 0.2) is 0 Å². The number of anilines is 2. The maximum absolute atomic E-state index is 11.9. The Morgan fingerprint density at radius 1 is 1.50 bits per heavy atom. The average Bonchev–Trinajstić information content (AvgIpc) is 3.22. The van der Waals surface area contributed by atoms with E-state index in [1.165, 1.54) is 12.8 Å². The summed E-state index contributed by atoms with van der Waals surface area (Å²) in [6, 6.07) is 5.25. The predicted octanol–water partition coefficient (Wildman–Crippen LogP) is 1.95. The van der Waals surface area contributed by atoms with Crippen molar-refractivity contribution >= 4 is 17.3 Å². The van der Waals surface area contributed by atoms with Gasteiger partial charge in [0.25, 0.3) is 0 Å². The Bertz CT molecular complexity index is 472. The Kier molecular flexibility index (Phi) is 4.84. The number of carbonyl (C=O) groups is 1. The second-order valence-corrected chi connectivity index (χ2v) is 5.46. The van der Waals surface area contributed by atoms with Gasteiger partial charge in [-0.25, -0.2) is 0 Å². The molecular weight excluding hydrogens is 254 g/mol. The summed E-state index contributed by atoms with van der Waals surface area (Å²) in [6.45, 7) is 1.87. The molecule has 1 aliphatic carbocycles. The van der Waals surface area contributed by atoms with Crippen molar-refractivity contribution in [2.75, 3.05) is 38.3 Å². The number of nitrogen functional groups attached to an aromatic ring is 1. The molecule has 0 aliphatic heterocycles. The molecule has 1 fully saturated rings. The number of amides is 1. The maximum atomic E-state index is 11.9. The van der Waals surface area contributed by atoms with E-state index in [-0.39, 0.29) is 5.91 Å². The van der Waals surface area contributed by atoms with Gasteiger partial charge in [-0.3, -0.25) is 4.79 Å². The summed E-state index contributed by atoms with van der Waals surface area (Å²) in [6.07, 6.45) is 3.15. The van der Waals surface area contributed by atoms with Gasteiger partial charge >= 0.3 is 0 Å². The van der Waals surface area contributed by atoms with Crippen molar-refractivity contribution in [2.45, 2.75) is 19.3 Å². The third kappa shape index (κ3) is 4.42. The smallest absolute Gasteiger partial charge is 0.225 e. The Hall–Kier alpha value is -1.75. The van der Waals surface area contributed by atoms with E-state index in [9.17, 15) is 4.79 Å². The molecule has 1 aromatic rings. The van der Waals surface area contributed by atoms with Crippen molar-refractivity contribution in [3.63, 3.8) is 0 Å². The van der Waals surface area contributed by atoms with Crippen LogP contribution in [0.3, 0.4) is 0 Å². The van der Waals surface area contributed by atoms with Gasteiger partial charge in [-0.05, 0) is 37.9 Å². The number of hydrogen-bond donors (Lipinski definition) is 2. The van der Waals surface area contributed by atoms with Crippen molar-refractivity contribution < 1.29 is 9.53 Å². The summed E-state index contributed by atoms with van der Waals surface area (Å²) in [5.74, 6) is 1.52. The second kappa shape index (κ2) is 6.61. The highest BCUT2D eigenvalue weighted by molar-refractivity contribution is 5.94. The van der Waals surface area contributed by atoms with Crippen LogP contribution in [0.25, 0.3) is 0 Å². The topological polar surface area (TPSA) is 67.6 Å². The highest BCUT2D eigenvalue weighted by Crippen LogP contribution is 2.29. The molecule has 0 radical (unpaired) electrons. The number of hydrogen-bond acceptors (Lipinski definition) is 4. The Balaban J connectivity index is 1.78. The van der Waals surface area contributed by atoms with Crippen LogP contribution in [0.1, 0.15) is 19.3 Å². The summed E-state index contributed by atoms with van der Waals surface area (Å²) in [7, 11) is 3.65. The van der Waals surface area contributed by atoms with Gasteiger partial charge < -0.3 is 20.7 Å². The normalized spacial score (nSPS) is 14.3. The van der Waals surface area contributed by atoms with Crippen LogP contribution in [-0.2, 0) is 4.79 Å². The van der Waals surface area contributed by atoms with Crippen LogP contribution >= 0.6 is 0 Å². The minimum atomic E-state index is -0.00971. The summed E-state index contributed by atoms with van der Waals surface area (Å²) < 4.78 is 5.08. The minimum Gasteiger partial charge on any atom is -0.497 e. The summed E-state index contributed by atoms with van der Waals surface area (Å²) in [5.41, 5.74) is 7.03. The highest BCUT2D eigenvalue weighted by Gasteiger charge is 2.22. The van der Waals surface area contributed by atoms with E-state index in [0.29, 0.717) is 23.5 Å². The van der Waals surface area contributed by atoms with E-state index in [1.807, 2.05) is 0 Å². The zero-order chi connectivity index (χ0) is 14.5. The Labute approximate surface area is 120 Å². The molecule has 0 unspecified atom stereocenters. The number of nitrogens with two attached hydrogens (primary N) is 1. The average molecular weight is 277 g/mol. The third-order valence-electron chi connectivity index (χ3n) is 3.52. The van der Waals surface area contributed by atoms with Gasteiger partial charge in [-0.2, -0.15) is 0 Å². The van der Waals surface area contributed by atoms with Gasteiger partial charge in [-0.15, -0.1) is 0 Å². The highest BCUT2D eigenvalue weighted by atomic mass is 16.5. The molecule has 1 aromatic carbocycles. The van der Waals surface area contributed by atoms with Crippen molar-refractivity contribution in [1.82, 2.24) is 4.90 Å². The number of ether oxygens (including phenoxy) is 1. The predicted molar refractivity (Wildman–Crippen MR) is 80.9 cm³/mol. The summed E-state index contributed by atoms with van der Waals surface area (Å²) >= 11 is 0. The van der Waals surface area contributed by atoms with Crippen LogP contribution < -0.4 is 15.8 Å². The van der Waals surface area contributed by atoms with Crippen molar-refractivity contribution in [3.8, 4) is 5.75 Å². The molecule has 20 heavy (non-hydrogen) atoms. The number of carbonyl (C=O) groups excluding carboxylic acids is 1. The van der Waals surface area contributed by atoms with Crippen LogP contribution in [0.15, 0.2) is 18.2 Å². The number of benzene rings is 1. The molecule has 0 saturated heterocycles. The Morgan fingerprint density at radius 3 is 2.85 bits per heavy atom. The van der Waals surface area contributed by atoms with E-state index in [4.69, 9.17) is 10.5 Å². The molecular formula is C15H23N3O2. The minimum absolute atomic E-state index is 0.00971. The van der Waals surface area contributed by atoms with Gasteiger partial charge in [0.05, 0.1) is 18.5 Å². The van der Waals surface area contributed by atoms with Crippen molar-refractivity contribution in [2.24, 2.45) is 5.92 Å². The first-order valence-electron chi connectivity index (χ1n) is 7.00. The molecule has 5 nitrogen and oxygen atoms in total. The van der Waals surface area contributed by atoms with Crippen molar-refractivity contribution in [1.29, 1.82) is 0 Å². The molecule has 5 heteroatoms. The van der Waals surface area contributed by atoms with Crippen LogP contribution in [0.5, 0.6) is 5.75 Å². The van der Waals surface area contributed by atoms with Gasteiger partial charge in [-0.1, -0.05) is 0 Å². The fraction of sp³-hybridized carbons (Fsp3) is 0.533. The van der Waals surface area contributed by atoms with E-state index in [1.54, 1.807) is 25.3 Å². The Morgan fingerprint density at radius 2 is 2.25 bits per heavy atom. The van der Waals surface area contributed by atoms with Gasteiger partial charge in [0.2, 0.25) is 5.91 Å². The van der Waals surface area contributed by atoms with Crippen LogP contribution in [0.2, 0.25) is 0 Å². The lowest BCUT2D eigenvalue weighted by Crippen LogP contribution is -2.26. The summed E-state index contributed by atoms with van der Waals surface area (Å²) in [4.78, 5) is 14.1. The number of methoxy groups -OCH3 is 1. The molecule has 0 atom stereocenters. The molecule has 0 spiro atoms. The van der Waals surface area contributed by atoms with Gasteiger partial charge in [0, 0.05) is 25.6 Å². The molecule has 0 aromatic heterocycles. The lowest BCUT2D eigenvalue weighted by atomic mass is 10.2. The lowest BCUT2D eigenvalue weighted by molar-refractivity contribution is -0.116. The number of nitrogens with zero attached hydrogens (tertiary/aromatic N) is 1. The molecule has 3 N–H and O–H groups in total. The number of rotatable bonds is 7. The van der Waals surface area contributed by atoms with Crippen LogP contribution in [0, 0.1) is 5.92 Å². The van der Waals surface area contributed by atoms with E-state index < -0.39 is 0 Å². The fourth-order valence-corrected chi connectivity index (χ4v) is 2.12. The number of nitrogens with one attached hydrogen (secondary N) is 1. The molecule has 0 bridgehead atoms. The SMILES string of the molecule is COc1ccc(NC(=O)CCN(C)CC2CC2)c(N)c1. The van der Waals surface area contributed by atoms with Crippen LogP contribution in [-0.4, -0.2) is 38.1 Å². The monoisotopic (exact) mass is 277 g/mol. The molecule has 2 rings (SSSR count). The molecule has 1 amide bonds. The summed E-state index contributed by atoms with van der Waals surface area (Å²) in [5, 5.41) is 2.84. The van der Waals surface area contributed by atoms with E-state index >= 15 is 0 Å². The van der Waals surface area contributed by atoms with Gasteiger partial charge in [0.1, 0.15) is 5.75 Å². The maximum Gasteiger partial charge on any atom is 0.225 e. The van der Waals surface area contributed by atoms with Crippen LogP contribution in [0.4, 0.5) is 11.4 Å². The first-order chi connectivity index (χ1) is 9.58. The first-order valence-corrected chi connectivity index (χ1v) is 7.00. The standard InChI is InChI=1S/C15H23N3O2/c1-18(10-11-3-4-11)8-7-15(19)17-14-6-5-12(20-2)9-13(14)16/h5-6,9,11H,3-4,7-8,10,16H2,1-2H3,(H,17,19). The lowest BCUT2D eigenvalue weighted by Gasteiger charge is -2.16. The largest absolute Gasteiger partial charge is 0.497 e. The molecule has 110 valence electrons. The quantitative estimate of drug-likeness (QED) is 0.748.